The Bertz CT molecular complexity index is 493. The van der Waals surface area contributed by atoms with Crippen molar-refractivity contribution in [3.8, 4) is 5.75 Å². The maximum atomic E-state index is 13.1. The summed E-state index contributed by atoms with van der Waals surface area (Å²) in [6.45, 7) is 1.72. The molecule has 5 heteroatoms. The van der Waals surface area contributed by atoms with Gasteiger partial charge in [-0.05, 0) is 25.1 Å². The lowest BCUT2D eigenvalue weighted by molar-refractivity contribution is -0.136. The molecule has 90 valence electrons. The Morgan fingerprint density at radius 3 is 3.06 bits per heavy atom. The molecular formula is C12H11FO4. The van der Waals surface area contributed by atoms with Crippen molar-refractivity contribution in [3.05, 3.63) is 35.3 Å². The van der Waals surface area contributed by atoms with Gasteiger partial charge in [-0.25, -0.2) is 9.18 Å². The molecule has 1 aromatic carbocycles. The van der Waals surface area contributed by atoms with Crippen LogP contribution >= 0.6 is 0 Å². The molecule has 0 spiro atoms. The van der Waals surface area contributed by atoms with E-state index in [4.69, 9.17) is 9.47 Å². The largest absolute Gasteiger partial charge is 0.508 e. The van der Waals surface area contributed by atoms with Crippen LogP contribution in [0.1, 0.15) is 12.5 Å². The van der Waals surface area contributed by atoms with Gasteiger partial charge >= 0.3 is 5.97 Å². The molecule has 1 heterocycles. The predicted octanol–water partition coefficient (Wildman–Crippen LogP) is 2.05. The molecular weight excluding hydrogens is 227 g/mol. The number of carbonyl (C=O) groups excluding carboxylic acids is 1. The van der Waals surface area contributed by atoms with Gasteiger partial charge < -0.3 is 14.6 Å². The maximum Gasteiger partial charge on any atom is 0.342 e. The Kier molecular flexibility index (Phi) is 2.99. The highest BCUT2D eigenvalue weighted by Crippen LogP contribution is 2.33. The van der Waals surface area contributed by atoms with Gasteiger partial charge in [-0.2, -0.15) is 0 Å². The van der Waals surface area contributed by atoms with Crippen molar-refractivity contribution in [3.63, 3.8) is 0 Å². The SMILES string of the molecule is CCOC(=O)C1=C(O)COc2ccc(F)cc21. The molecule has 0 aliphatic carbocycles. The topological polar surface area (TPSA) is 55.8 Å². The Morgan fingerprint density at radius 1 is 1.59 bits per heavy atom. The van der Waals surface area contributed by atoms with Crippen LogP contribution in [0.4, 0.5) is 4.39 Å². The second kappa shape index (κ2) is 4.45. The molecule has 0 atom stereocenters. The number of hydrogen-bond acceptors (Lipinski definition) is 4. The van der Waals surface area contributed by atoms with Crippen molar-refractivity contribution in [2.45, 2.75) is 6.92 Å². The van der Waals surface area contributed by atoms with E-state index in [2.05, 4.69) is 0 Å². The molecule has 0 aromatic heterocycles. The number of carbonyl (C=O) groups is 1. The van der Waals surface area contributed by atoms with E-state index >= 15 is 0 Å². The monoisotopic (exact) mass is 238 g/mol. The Hall–Kier alpha value is -2.04. The van der Waals surface area contributed by atoms with Crippen LogP contribution in [0.3, 0.4) is 0 Å². The molecule has 2 rings (SSSR count). The highest BCUT2D eigenvalue weighted by Gasteiger charge is 2.27. The van der Waals surface area contributed by atoms with Crippen molar-refractivity contribution >= 4 is 11.5 Å². The molecule has 0 unspecified atom stereocenters. The average Bonchev–Trinajstić information content (AvgIpc) is 2.28. The van der Waals surface area contributed by atoms with Gasteiger partial charge in [0.25, 0.3) is 0 Å². The zero-order valence-corrected chi connectivity index (χ0v) is 9.20. The van der Waals surface area contributed by atoms with Crippen LogP contribution in [0.25, 0.3) is 5.57 Å². The molecule has 0 amide bonds. The molecule has 1 aromatic rings. The van der Waals surface area contributed by atoms with Crippen molar-refractivity contribution in [1.29, 1.82) is 0 Å². The minimum atomic E-state index is -0.680. The molecule has 1 aliphatic heterocycles. The van der Waals surface area contributed by atoms with Gasteiger partial charge in [0.15, 0.2) is 0 Å². The highest BCUT2D eigenvalue weighted by atomic mass is 19.1. The van der Waals surface area contributed by atoms with E-state index in [1.54, 1.807) is 6.92 Å². The van der Waals surface area contributed by atoms with Crippen LogP contribution in [-0.4, -0.2) is 24.3 Å². The quantitative estimate of drug-likeness (QED) is 0.801. The maximum absolute atomic E-state index is 13.1. The summed E-state index contributed by atoms with van der Waals surface area (Å²) in [7, 11) is 0. The summed E-state index contributed by atoms with van der Waals surface area (Å²) in [5.74, 6) is -1.09. The molecule has 0 saturated heterocycles. The molecule has 0 radical (unpaired) electrons. The third-order valence-corrected chi connectivity index (χ3v) is 2.34. The smallest absolute Gasteiger partial charge is 0.342 e. The van der Waals surface area contributed by atoms with Gasteiger partial charge in [0.05, 0.1) is 6.61 Å². The zero-order valence-electron chi connectivity index (χ0n) is 9.20. The Balaban J connectivity index is 2.50. The molecule has 0 saturated carbocycles. The molecule has 1 aliphatic rings. The van der Waals surface area contributed by atoms with Crippen LogP contribution in [0.5, 0.6) is 5.75 Å². The van der Waals surface area contributed by atoms with Gasteiger partial charge in [0.1, 0.15) is 29.5 Å². The van der Waals surface area contributed by atoms with Crippen LogP contribution in [0.2, 0.25) is 0 Å². The van der Waals surface area contributed by atoms with E-state index in [1.165, 1.54) is 12.1 Å². The first-order valence-corrected chi connectivity index (χ1v) is 5.15. The number of fused-ring (bicyclic) bond motifs is 1. The lowest BCUT2D eigenvalue weighted by Crippen LogP contribution is -2.18. The summed E-state index contributed by atoms with van der Waals surface area (Å²) in [5.41, 5.74) is 0.180. The minimum Gasteiger partial charge on any atom is -0.508 e. The first kappa shape index (κ1) is 11.4. The number of ether oxygens (including phenoxy) is 2. The number of halogens is 1. The minimum absolute atomic E-state index is 0.0346. The highest BCUT2D eigenvalue weighted by molar-refractivity contribution is 6.18. The summed E-state index contributed by atoms with van der Waals surface area (Å²) < 4.78 is 23.1. The third-order valence-electron chi connectivity index (χ3n) is 2.34. The third kappa shape index (κ3) is 2.08. The first-order valence-electron chi connectivity index (χ1n) is 5.15. The summed E-state index contributed by atoms with van der Waals surface area (Å²) in [5, 5.41) is 9.63. The Morgan fingerprint density at radius 2 is 2.35 bits per heavy atom. The summed E-state index contributed by atoms with van der Waals surface area (Å²) in [6.07, 6.45) is 0. The molecule has 0 bridgehead atoms. The predicted molar refractivity (Wildman–Crippen MR) is 58.1 cm³/mol. The number of hydrogen-bond donors (Lipinski definition) is 1. The fourth-order valence-corrected chi connectivity index (χ4v) is 1.63. The second-order valence-corrected chi connectivity index (χ2v) is 3.47. The van der Waals surface area contributed by atoms with Gasteiger partial charge in [-0.15, -0.1) is 0 Å². The fraction of sp³-hybridized carbons (Fsp3) is 0.250. The standard InChI is InChI=1S/C12H11FO4/c1-2-16-12(15)11-8-5-7(13)3-4-10(8)17-6-9(11)14/h3-5,14H,2,6H2,1H3. The summed E-state index contributed by atoms with van der Waals surface area (Å²) in [4.78, 5) is 11.7. The van der Waals surface area contributed by atoms with Gasteiger partial charge in [0.2, 0.25) is 0 Å². The fourth-order valence-electron chi connectivity index (χ4n) is 1.63. The van der Waals surface area contributed by atoms with E-state index < -0.39 is 11.8 Å². The van der Waals surface area contributed by atoms with Crippen molar-refractivity contribution < 1.29 is 23.8 Å². The second-order valence-electron chi connectivity index (χ2n) is 3.47. The lowest BCUT2D eigenvalue weighted by atomic mass is 10.0. The van der Waals surface area contributed by atoms with E-state index in [9.17, 15) is 14.3 Å². The van der Waals surface area contributed by atoms with E-state index in [0.717, 1.165) is 6.07 Å². The summed E-state index contributed by atoms with van der Waals surface area (Å²) in [6, 6.07) is 3.78. The number of aliphatic hydroxyl groups excluding tert-OH is 1. The average molecular weight is 238 g/mol. The van der Waals surface area contributed by atoms with Gasteiger partial charge in [-0.3, -0.25) is 0 Å². The van der Waals surface area contributed by atoms with Gasteiger partial charge in [-0.1, -0.05) is 0 Å². The van der Waals surface area contributed by atoms with E-state index in [-0.39, 0.29) is 30.1 Å². The van der Waals surface area contributed by atoms with Crippen LogP contribution < -0.4 is 4.74 Å². The molecule has 17 heavy (non-hydrogen) atoms. The number of esters is 1. The van der Waals surface area contributed by atoms with Crippen molar-refractivity contribution in [2.75, 3.05) is 13.2 Å². The van der Waals surface area contributed by atoms with Crippen molar-refractivity contribution in [1.82, 2.24) is 0 Å². The van der Waals surface area contributed by atoms with Crippen LogP contribution in [0.15, 0.2) is 24.0 Å². The molecule has 0 fully saturated rings. The van der Waals surface area contributed by atoms with Crippen LogP contribution in [-0.2, 0) is 9.53 Å². The number of aliphatic hydroxyl groups is 1. The van der Waals surface area contributed by atoms with E-state index in [0.29, 0.717) is 5.75 Å². The van der Waals surface area contributed by atoms with Crippen molar-refractivity contribution in [2.24, 2.45) is 0 Å². The first-order chi connectivity index (χ1) is 8.13. The van der Waals surface area contributed by atoms with Gasteiger partial charge in [0, 0.05) is 5.56 Å². The molecule has 1 N–H and O–H groups in total. The normalized spacial score (nSPS) is 14.0. The van der Waals surface area contributed by atoms with E-state index in [1.807, 2.05) is 0 Å². The Labute approximate surface area is 97.3 Å². The number of benzene rings is 1. The lowest BCUT2D eigenvalue weighted by Gasteiger charge is -2.19. The zero-order chi connectivity index (χ0) is 12.4. The summed E-state index contributed by atoms with van der Waals surface area (Å²) >= 11 is 0. The van der Waals surface area contributed by atoms with Crippen LogP contribution in [0, 0.1) is 5.82 Å². The molecule has 4 nitrogen and oxygen atoms in total. The number of rotatable bonds is 2.